The van der Waals surface area contributed by atoms with Crippen molar-refractivity contribution in [2.75, 3.05) is 12.3 Å². The fourth-order valence-electron chi connectivity index (χ4n) is 1.57. The second-order valence-corrected chi connectivity index (χ2v) is 4.51. The highest BCUT2D eigenvalue weighted by molar-refractivity contribution is 8.00. The van der Waals surface area contributed by atoms with Gasteiger partial charge in [0.25, 0.3) is 0 Å². The van der Waals surface area contributed by atoms with E-state index in [1.54, 1.807) is 16.7 Å². The summed E-state index contributed by atoms with van der Waals surface area (Å²) in [5.74, 6) is 0.512. The van der Waals surface area contributed by atoms with Gasteiger partial charge in [-0.05, 0) is 0 Å². The number of amides is 1. The zero-order chi connectivity index (χ0) is 10.1. The Morgan fingerprint density at radius 1 is 1.71 bits per heavy atom. The third-order valence-corrected chi connectivity index (χ3v) is 3.71. The Hall–Kier alpha value is -0.970. The normalized spacial score (nSPS) is 30.3. The molecule has 2 rings (SSSR count). The second kappa shape index (κ2) is 3.65. The minimum atomic E-state index is -0.415. The lowest BCUT2D eigenvalue weighted by Crippen LogP contribution is -2.57. The van der Waals surface area contributed by atoms with Crippen molar-refractivity contribution in [2.45, 2.75) is 17.9 Å². The predicted octanol–water partition coefficient (Wildman–Crippen LogP) is 0.389. The molecule has 0 bridgehead atoms. The van der Waals surface area contributed by atoms with Crippen molar-refractivity contribution in [1.29, 1.82) is 0 Å². The highest BCUT2D eigenvalue weighted by Crippen LogP contribution is 2.34. The topological polar surface area (TPSA) is 46.6 Å². The van der Waals surface area contributed by atoms with Crippen molar-refractivity contribution in [3.8, 4) is 0 Å². The molecule has 14 heavy (non-hydrogen) atoms. The van der Waals surface area contributed by atoms with Crippen molar-refractivity contribution in [1.82, 2.24) is 4.90 Å². The van der Waals surface area contributed by atoms with E-state index in [1.807, 2.05) is 0 Å². The van der Waals surface area contributed by atoms with Gasteiger partial charge in [0.15, 0.2) is 0 Å². The van der Waals surface area contributed by atoms with Crippen molar-refractivity contribution in [3.05, 3.63) is 12.7 Å². The number of carbonyl (C=O) groups excluding carboxylic acids is 2. The maximum absolute atomic E-state index is 11.1. The summed E-state index contributed by atoms with van der Waals surface area (Å²) in [5.41, 5.74) is 0. The third-order valence-electron chi connectivity index (χ3n) is 2.34. The standard InChI is InChI=1S/C9H11NO3S/c1-2-9(12)13-6-4-10-7(11)3-8(10)14-5-6/h2,6,8H,1,3-5H2/t6?,8-/m1/s1. The number of rotatable bonds is 2. The molecule has 1 amide bonds. The highest BCUT2D eigenvalue weighted by Gasteiger charge is 2.42. The van der Waals surface area contributed by atoms with Gasteiger partial charge in [0.2, 0.25) is 5.91 Å². The molecule has 1 unspecified atom stereocenters. The van der Waals surface area contributed by atoms with Crippen LogP contribution in [0.25, 0.3) is 0 Å². The van der Waals surface area contributed by atoms with Crippen LogP contribution in [0.2, 0.25) is 0 Å². The van der Waals surface area contributed by atoms with Crippen LogP contribution in [0.4, 0.5) is 0 Å². The molecule has 0 saturated carbocycles. The van der Waals surface area contributed by atoms with E-state index >= 15 is 0 Å². The number of fused-ring (bicyclic) bond motifs is 1. The number of hydrogen-bond donors (Lipinski definition) is 0. The number of nitrogens with zero attached hydrogens (tertiary/aromatic N) is 1. The molecule has 2 aliphatic rings. The molecule has 4 nitrogen and oxygen atoms in total. The lowest BCUT2D eigenvalue weighted by molar-refractivity contribution is -0.151. The molecule has 5 heteroatoms. The Bertz CT molecular complexity index is 292. The summed E-state index contributed by atoms with van der Waals surface area (Å²) in [6.45, 7) is 3.86. The van der Waals surface area contributed by atoms with Crippen LogP contribution in [0.3, 0.4) is 0 Å². The van der Waals surface area contributed by atoms with Crippen LogP contribution >= 0.6 is 11.8 Å². The van der Waals surface area contributed by atoms with Crippen LogP contribution in [-0.2, 0) is 14.3 Å². The molecule has 2 fully saturated rings. The summed E-state index contributed by atoms with van der Waals surface area (Å²) in [6.07, 6.45) is 1.60. The van der Waals surface area contributed by atoms with Crippen molar-refractivity contribution >= 4 is 23.6 Å². The van der Waals surface area contributed by atoms with Crippen LogP contribution in [-0.4, -0.2) is 40.6 Å². The summed E-state index contributed by atoms with van der Waals surface area (Å²) in [4.78, 5) is 23.8. The maximum Gasteiger partial charge on any atom is 0.330 e. The van der Waals surface area contributed by atoms with Crippen molar-refractivity contribution in [3.63, 3.8) is 0 Å². The molecule has 0 aromatic rings. The SMILES string of the molecule is C=CC(=O)OC1CS[C@@H]2CC(=O)N2C1. The van der Waals surface area contributed by atoms with E-state index in [1.165, 1.54) is 0 Å². The molecule has 2 aliphatic heterocycles. The number of hydrogen-bond acceptors (Lipinski definition) is 4. The van der Waals surface area contributed by atoms with E-state index in [0.717, 1.165) is 11.8 Å². The fraction of sp³-hybridized carbons (Fsp3) is 0.556. The van der Waals surface area contributed by atoms with Crippen molar-refractivity contribution < 1.29 is 14.3 Å². The summed E-state index contributed by atoms with van der Waals surface area (Å²) in [5, 5.41) is 0.321. The van der Waals surface area contributed by atoms with Crippen LogP contribution in [0.1, 0.15) is 6.42 Å². The van der Waals surface area contributed by atoms with Gasteiger partial charge in [0.1, 0.15) is 6.10 Å². The average molecular weight is 213 g/mol. The first-order chi connectivity index (χ1) is 6.70. The van der Waals surface area contributed by atoms with E-state index in [-0.39, 0.29) is 12.0 Å². The molecular weight excluding hydrogens is 202 g/mol. The zero-order valence-electron chi connectivity index (χ0n) is 7.64. The number of thioether (sulfide) groups is 1. The fourth-order valence-corrected chi connectivity index (χ4v) is 2.82. The Labute approximate surface area is 86.3 Å². The molecule has 2 atom stereocenters. The number of carbonyl (C=O) groups is 2. The predicted molar refractivity (Wildman–Crippen MR) is 52.7 cm³/mol. The summed E-state index contributed by atoms with van der Waals surface area (Å²) >= 11 is 1.67. The molecule has 2 heterocycles. The number of esters is 1. The first-order valence-corrected chi connectivity index (χ1v) is 5.49. The van der Waals surface area contributed by atoms with E-state index in [0.29, 0.717) is 18.3 Å². The Morgan fingerprint density at radius 2 is 2.50 bits per heavy atom. The zero-order valence-corrected chi connectivity index (χ0v) is 8.46. The summed E-state index contributed by atoms with van der Waals surface area (Å²) in [7, 11) is 0. The van der Waals surface area contributed by atoms with Crippen LogP contribution in [0.5, 0.6) is 0 Å². The van der Waals surface area contributed by atoms with Crippen LogP contribution in [0, 0.1) is 0 Å². The van der Waals surface area contributed by atoms with Gasteiger partial charge >= 0.3 is 5.97 Å². The van der Waals surface area contributed by atoms with E-state index in [2.05, 4.69) is 6.58 Å². The minimum Gasteiger partial charge on any atom is -0.456 e. The van der Waals surface area contributed by atoms with Gasteiger partial charge in [-0.1, -0.05) is 6.58 Å². The van der Waals surface area contributed by atoms with Crippen LogP contribution < -0.4 is 0 Å². The molecule has 0 radical (unpaired) electrons. The molecular formula is C9H11NO3S. The van der Waals surface area contributed by atoms with Gasteiger partial charge in [-0.25, -0.2) is 4.79 Å². The Morgan fingerprint density at radius 3 is 3.14 bits per heavy atom. The molecule has 0 aromatic heterocycles. The Balaban J connectivity index is 1.87. The quantitative estimate of drug-likeness (QED) is 0.378. The molecule has 2 saturated heterocycles. The highest BCUT2D eigenvalue weighted by atomic mass is 32.2. The summed E-state index contributed by atoms with van der Waals surface area (Å²) < 4.78 is 5.07. The largest absolute Gasteiger partial charge is 0.456 e. The number of β-lactam (4-membered cyclic amide) rings is 1. The van der Waals surface area contributed by atoms with Crippen LogP contribution in [0.15, 0.2) is 12.7 Å². The maximum atomic E-state index is 11.1. The molecule has 0 spiro atoms. The first-order valence-electron chi connectivity index (χ1n) is 4.45. The van der Waals surface area contributed by atoms with Gasteiger partial charge < -0.3 is 9.64 Å². The monoisotopic (exact) mass is 213 g/mol. The van der Waals surface area contributed by atoms with E-state index in [4.69, 9.17) is 4.74 Å². The molecule has 0 N–H and O–H groups in total. The molecule has 76 valence electrons. The molecule has 0 aromatic carbocycles. The van der Waals surface area contributed by atoms with E-state index in [9.17, 15) is 9.59 Å². The second-order valence-electron chi connectivity index (χ2n) is 3.30. The van der Waals surface area contributed by atoms with Gasteiger partial charge in [-0.2, -0.15) is 0 Å². The van der Waals surface area contributed by atoms with Gasteiger partial charge in [0.05, 0.1) is 18.3 Å². The van der Waals surface area contributed by atoms with Gasteiger partial charge in [-0.3, -0.25) is 4.79 Å². The van der Waals surface area contributed by atoms with E-state index < -0.39 is 5.97 Å². The minimum absolute atomic E-state index is 0.154. The summed E-state index contributed by atoms with van der Waals surface area (Å²) in [6, 6.07) is 0. The smallest absolute Gasteiger partial charge is 0.330 e. The average Bonchev–Trinajstić information content (AvgIpc) is 2.18. The van der Waals surface area contributed by atoms with Gasteiger partial charge in [0, 0.05) is 11.8 Å². The Kier molecular flexibility index (Phi) is 2.50. The first kappa shape index (κ1) is 9.58. The lowest BCUT2D eigenvalue weighted by atomic mass is 10.1. The van der Waals surface area contributed by atoms with Gasteiger partial charge in [-0.15, -0.1) is 11.8 Å². The number of ether oxygens (including phenoxy) is 1. The molecule has 0 aliphatic carbocycles. The van der Waals surface area contributed by atoms with Crippen molar-refractivity contribution in [2.24, 2.45) is 0 Å². The third kappa shape index (κ3) is 1.64. The lowest BCUT2D eigenvalue weighted by Gasteiger charge is -2.45.